The van der Waals surface area contributed by atoms with E-state index in [-0.39, 0.29) is 19.5 Å². The number of hydrogen-bond donors (Lipinski definition) is 1. The lowest BCUT2D eigenvalue weighted by Gasteiger charge is -2.49. The van der Waals surface area contributed by atoms with Crippen LogP contribution in [0.3, 0.4) is 0 Å². The number of rotatable bonds is 12. The van der Waals surface area contributed by atoms with Gasteiger partial charge in [-0.1, -0.05) is 61.2 Å². The highest BCUT2D eigenvalue weighted by Gasteiger charge is 2.50. The van der Waals surface area contributed by atoms with Crippen LogP contribution in [0.15, 0.2) is 0 Å². The molecule has 1 amide bonds. The lowest BCUT2D eigenvalue weighted by molar-refractivity contribution is -0.115. The summed E-state index contributed by atoms with van der Waals surface area (Å²) in [5.41, 5.74) is 1.26. The van der Waals surface area contributed by atoms with Crippen LogP contribution in [0.2, 0.25) is 42.3 Å². The second kappa shape index (κ2) is 12.9. The van der Waals surface area contributed by atoms with Gasteiger partial charge in [-0.05, 0) is 29.1 Å². The van der Waals surface area contributed by atoms with Crippen LogP contribution in [0.1, 0.15) is 48.0 Å². The van der Waals surface area contributed by atoms with Crippen LogP contribution in [0, 0.1) is 0 Å². The predicted molar refractivity (Wildman–Crippen MR) is 134 cm³/mol. The van der Waals surface area contributed by atoms with Gasteiger partial charge < -0.3 is 28.6 Å². The summed E-state index contributed by atoms with van der Waals surface area (Å²) in [7, 11) is -1.96. The summed E-state index contributed by atoms with van der Waals surface area (Å²) in [6, 6.07) is 0.541. The number of piperidine rings is 1. The molecule has 1 N–H and O–H groups in total. The Labute approximate surface area is 198 Å². The van der Waals surface area contributed by atoms with Gasteiger partial charge in [-0.15, -0.1) is 0 Å². The maximum absolute atomic E-state index is 12.4. The van der Waals surface area contributed by atoms with Crippen molar-refractivity contribution in [3.05, 3.63) is 0 Å². The van der Waals surface area contributed by atoms with Gasteiger partial charge in [0, 0.05) is 21.2 Å². The van der Waals surface area contributed by atoms with Crippen LogP contribution < -0.4 is 0 Å². The van der Waals surface area contributed by atoms with E-state index in [0.717, 1.165) is 6.04 Å². The zero-order chi connectivity index (χ0) is 24.7. The molecule has 0 aromatic heterocycles. The lowest BCUT2D eigenvalue weighted by atomic mass is 9.97. The zero-order valence-electron chi connectivity index (χ0n) is 22.1. The standard InChI is InChI=1S/C23H49NO6Si2/c1-17(2)32(18(3)4,19(5)6)30-21-11-12-24(23(26)27-7)20(22(21)25)15-29-16-28-13-14-31(8,9)10/h17-22,25H,11-16H2,1-10H3/t20-,21-,22+/m0/s1. The number of hydrogen-bond acceptors (Lipinski definition) is 6. The van der Waals surface area contributed by atoms with Crippen LogP contribution in [0.25, 0.3) is 0 Å². The molecule has 0 radical (unpaired) electrons. The first-order valence-electron chi connectivity index (χ1n) is 12.1. The second-order valence-corrected chi connectivity index (χ2v) is 22.2. The minimum atomic E-state index is -2.17. The van der Waals surface area contributed by atoms with Crippen molar-refractivity contribution in [2.45, 2.75) is 109 Å². The molecular formula is C23H49NO6Si2. The van der Waals surface area contributed by atoms with Gasteiger partial charge in [-0.25, -0.2) is 4.79 Å². The monoisotopic (exact) mass is 491 g/mol. The van der Waals surface area contributed by atoms with E-state index < -0.39 is 34.6 Å². The summed E-state index contributed by atoms with van der Waals surface area (Å²) >= 11 is 0. The number of ether oxygens (including phenoxy) is 3. The van der Waals surface area contributed by atoms with Gasteiger partial charge in [-0.2, -0.15) is 0 Å². The average molecular weight is 492 g/mol. The quantitative estimate of drug-likeness (QED) is 0.233. The van der Waals surface area contributed by atoms with Gasteiger partial charge in [0.05, 0.1) is 25.9 Å². The first-order valence-corrected chi connectivity index (χ1v) is 18.0. The van der Waals surface area contributed by atoms with Crippen LogP contribution in [-0.4, -0.2) is 84.4 Å². The molecule has 0 aromatic carbocycles. The molecule has 0 aliphatic carbocycles. The Bertz CT molecular complexity index is 545. The van der Waals surface area contributed by atoms with Crippen LogP contribution in [0.5, 0.6) is 0 Å². The molecular weight excluding hydrogens is 442 g/mol. The molecule has 0 aromatic rings. The van der Waals surface area contributed by atoms with Crippen molar-refractivity contribution >= 4 is 22.5 Å². The molecule has 1 aliphatic heterocycles. The van der Waals surface area contributed by atoms with E-state index in [2.05, 4.69) is 61.2 Å². The molecule has 1 rings (SSSR count). The SMILES string of the molecule is COC(=O)N1CC[C@H](O[Si](C(C)C)(C(C)C)C(C)C)[C@H](O)[C@@H]1COCOCC[Si](C)(C)C. The summed E-state index contributed by atoms with van der Waals surface area (Å²) in [5.74, 6) is 0. The topological polar surface area (TPSA) is 77.5 Å². The number of aliphatic hydroxyl groups excluding tert-OH is 1. The van der Waals surface area contributed by atoms with Crippen molar-refractivity contribution in [3.63, 3.8) is 0 Å². The van der Waals surface area contributed by atoms with Crippen molar-refractivity contribution in [1.29, 1.82) is 0 Å². The summed E-state index contributed by atoms with van der Waals surface area (Å²) < 4.78 is 23.2. The minimum Gasteiger partial charge on any atom is -0.453 e. The third-order valence-electron chi connectivity index (χ3n) is 6.75. The average Bonchev–Trinajstić information content (AvgIpc) is 2.68. The first kappa shape index (κ1) is 29.6. The molecule has 0 spiro atoms. The van der Waals surface area contributed by atoms with Crippen molar-refractivity contribution in [3.8, 4) is 0 Å². The molecule has 0 bridgehead atoms. The third-order valence-corrected chi connectivity index (χ3v) is 14.6. The molecule has 9 heteroatoms. The summed E-state index contributed by atoms with van der Waals surface area (Å²) in [6.07, 6.45) is -1.03. The molecule has 0 unspecified atom stereocenters. The van der Waals surface area contributed by atoms with E-state index in [1.54, 1.807) is 4.90 Å². The van der Waals surface area contributed by atoms with Gasteiger partial charge in [0.2, 0.25) is 8.32 Å². The fourth-order valence-electron chi connectivity index (χ4n) is 5.03. The minimum absolute atomic E-state index is 0.150. The smallest absolute Gasteiger partial charge is 0.409 e. The van der Waals surface area contributed by atoms with E-state index >= 15 is 0 Å². The molecule has 190 valence electrons. The molecule has 0 saturated carbocycles. The normalized spacial score (nSPS) is 22.8. The number of carbonyl (C=O) groups is 1. The molecule has 1 fully saturated rings. The van der Waals surface area contributed by atoms with E-state index in [1.807, 2.05) is 0 Å². The van der Waals surface area contributed by atoms with Gasteiger partial charge in [-0.3, -0.25) is 0 Å². The van der Waals surface area contributed by atoms with E-state index in [9.17, 15) is 9.90 Å². The largest absolute Gasteiger partial charge is 0.453 e. The van der Waals surface area contributed by atoms with E-state index in [1.165, 1.54) is 7.11 Å². The lowest BCUT2D eigenvalue weighted by Crippen LogP contribution is -2.62. The summed E-state index contributed by atoms with van der Waals surface area (Å²) in [4.78, 5) is 13.9. The Balaban J connectivity index is 2.89. The molecule has 1 saturated heterocycles. The number of nitrogens with zero attached hydrogens (tertiary/aromatic N) is 1. The number of likely N-dealkylation sites (tertiary alicyclic amines) is 1. The second-order valence-electron chi connectivity index (χ2n) is 11.2. The molecule has 1 aliphatic rings. The van der Waals surface area contributed by atoms with Crippen molar-refractivity contribution in [2.75, 3.05) is 33.7 Å². The highest BCUT2D eigenvalue weighted by molar-refractivity contribution is 6.77. The van der Waals surface area contributed by atoms with Crippen LogP contribution in [0.4, 0.5) is 4.79 Å². The van der Waals surface area contributed by atoms with Gasteiger partial charge >= 0.3 is 6.09 Å². The van der Waals surface area contributed by atoms with Gasteiger partial charge in [0.1, 0.15) is 12.9 Å². The Morgan fingerprint density at radius 3 is 2.06 bits per heavy atom. The van der Waals surface area contributed by atoms with Gasteiger partial charge in [0.15, 0.2) is 0 Å². The van der Waals surface area contributed by atoms with Gasteiger partial charge in [0.25, 0.3) is 0 Å². The highest BCUT2D eigenvalue weighted by Crippen LogP contribution is 2.44. The Hall–Kier alpha value is -0.456. The molecule has 3 atom stereocenters. The van der Waals surface area contributed by atoms with Crippen molar-refractivity contribution in [2.24, 2.45) is 0 Å². The fourth-order valence-corrected chi connectivity index (χ4v) is 11.4. The van der Waals surface area contributed by atoms with E-state index in [4.69, 9.17) is 18.6 Å². The number of methoxy groups -OCH3 is 1. The highest BCUT2D eigenvalue weighted by atomic mass is 28.4. The fraction of sp³-hybridized carbons (Fsp3) is 0.957. The predicted octanol–water partition coefficient (Wildman–Crippen LogP) is 5.08. The van der Waals surface area contributed by atoms with Crippen molar-refractivity contribution < 1.29 is 28.5 Å². The van der Waals surface area contributed by atoms with Crippen LogP contribution >= 0.6 is 0 Å². The Morgan fingerprint density at radius 2 is 1.59 bits per heavy atom. The number of carbonyl (C=O) groups excluding carboxylic acids is 1. The van der Waals surface area contributed by atoms with Crippen molar-refractivity contribution in [1.82, 2.24) is 4.90 Å². The maximum atomic E-state index is 12.4. The van der Waals surface area contributed by atoms with Crippen LogP contribution in [-0.2, 0) is 18.6 Å². The third kappa shape index (κ3) is 7.80. The number of aliphatic hydroxyl groups is 1. The molecule has 32 heavy (non-hydrogen) atoms. The Morgan fingerprint density at radius 1 is 1.03 bits per heavy atom. The molecule has 1 heterocycles. The summed E-state index contributed by atoms with van der Waals surface area (Å²) in [5, 5.41) is 11.3. The van der Waals surface area contributed by atoms with E-state index in [0.29, 0.717) is 36.2 Å². The number of amides is 1. The summed E-state index contributed by atoms with van der Waals surface area (Å²) in [6.45, 7) is 21.8. The first-order chi connectivity index (χ1) is 14.8. The Kier molecular flexibility index (Phi) is 11.9. The zero-order valence-corrected chi connectivity index (χ0v) is 24.1. The molecule has 7 nitrogen and oxygen atoms in total. The maximum Gasteiger partial charge on any atom is 0.409 e.